The van der Waals surface area contributed by atoms with Gasteiger partial charge in [-0.2, -0.15) is 0 Å². The number of carbonyl (C=O) groups is 1. The Hall–Kier alpha value is -0.770. The lowest BCUT2D eigenvalue weighted by atomic mass is 10.1. The van der Waals surface area contributed by atoms with E-state index in [1.165, 1.54) is 5.56 Å². The van der Waals surface area contributed by atoms with Gasteiger partial charge in [0.25, 0.3) is 0 Å². The van der Waals surface area contributed by atoms with Crippen LogP contribution in [0.2, 0.25) is 5.02 Å². The Balaban J connectivity index is 0.00000180. The third kappa shape index (κ3) is 4.68. The van der Waals surface area contributed by atoms with Crippen molar-refractivity contribution < 1.29 is 9.90 Å². The van der Waals surface area contributed by atoms with Crippen LogP contribution in [0, 0.1) is 0 Å². The molecule has 1 fully saturated rings. The molecule has 0 bridgehead atoms. The van der Waals surface area contributed by atoms with E-state index in [1.807, 2.05) is 24.3 Å². The molecule has 2 rings (SSSR count). The molecular formula is C14H19Cl2NO2. The highest BCUT2D eigenvalue weighted by Gasteiger charge is 2.29. The van der Waals surface area contributed by atoms with Crippen molar-refractivity contribution in [3.63, 3.8) is 0 Å². The Morgan fingerprint density at radius 3 is 2.68 bits per heavy atom. The van der Waals surface area contributed by atoms with Gasteiger partial charge < -0.3 is 5.11 Å². The largest absolute Gasteiger partial charge is 0.480 e. The van der Waals surface area contributed by atoms with E-state index < -0.39 is 5.97 Å². The molecule has 0 saturated carbocycles. The number of halogens is 2. The van der Waals surface area contributed by atoms with Gasteiger partial charge in [-0.3, -0.25) is 9.69 Å². The fraction of sp³-hybridized carbons (Fsp3) is 0.500. The second kappa shape index (κ2) is 7.73. The summed E-state index contributed by atoms with van der Waals surface area (Å²) in [4.78, 5) is 13.1. The molecule has 1 aliphatic heterocycles. The van der Waals surface area contributed by atoms with Crippen LogP contribution in [0.25, 0.3) is 0 Å². The fourth-order valence-corrected chi connectivity index (χ4v) is 2.64. The number of hydrogen-bond donors (Lipinski definition) is 1. The number of aryl methyl sites for hydroxylation is 1. The van der Waals surface area contributed by atoms with Crippen LogP contribution in [0.15, 0.2) is 24.3 Å². The average molecular weight is 304 g/mol. The fourth-order valence-electron chi connectivity index (χ4n) is 2.51. The molecule has 1 N–H and O–H groups in total. The first-order valence-corrected chi connectivity index (χ1v) is 6.76. The van der Waals surface area contributed by atoms with Crippen molar-refractivity contribution >= 4 is 30.0 Å². The third-order valence-corrected chi connectivity index (χ3v) is 3.72. The number of carboxylic acids is 1. The molecule has 1 atom stereocenters. The van der Waals surface area contributed by atoms with Gasteiger partial charge in [0.15, 0.2) is 0 Å². The van der Waals surface area contributed by atoms with Crippen LogP contribution in [0.4, 0.5) is 0 Å². The lowest BCUT2D eigenvalue weighted by molar-refractivity contribution is -0.142. The molecule has 19 heavy (non-hydrogen) atoms. The maximum atomic E-state index is 11.0. The molecule has 1 heterocycles. The first kappa shape index (κ1) is 16.3. The minimum Gasteiger partial charge on any atom is -0.480 e. The van der Waals surface area contributed by atoms with E-state index in [1.54, 1.807) is 0 Å². The number of hydrogen-bond acceptors (Lipinski definition) is 2. The zero-order valence-electron chi connectivity index (χ0n) is 10.7. The van der Waals surface area contributed by atoms with Gasteiger partial charge in [-0.05, 0) is 56.5 Å². The molecular weight excluding hydrogens is 285 g/mol. The second-order valence-corrected chi connectivity index (χ2v) is 5.20. The Labute approximate surface area is 125 Å². The quantitative estimate of drug-likeness (QED) is 0.908. The number of nitrogens with zero attached hydrogens (tertiary/aromatic N) is 1. The number of likely N-dealkylation sites (tertiary alicyclic amines) is 1. The van der Waals surface area contributed by atoms with Crippen molar-refractivity contribution in [3.05, 3.63) is 34.9 Å². The first-order valence-electron chi connectivity index (χ1n) is 6.38. The van der Waals surface area contributed by atoms with Crippen molar-refractivity contribution in [3.8, 4) is 0 Å². The van der Waals surface area contributed by atoms with Gasteiger partial charge in [0.05, 0.1) is 0 Å². The normalized spacial score (nSPS) is 19.1. The van der Waals surface area contributed by atoms with Crippen molar-refractivity contribution in [2.24, 2.45) is 0 Å². The summed E-state index contributed by atoms with van der Waals surface area (Å²) >= 11 is 5.83. The summed E-state index contributed by atoms with van der Waals surface area (Å²) in [7, 11) is 0. The van der Waals surface area contributed by atoms with Gasteiger partial charge in [0.1, 0.15) is 6.04 Å². The third-order valence-electron chi connectivity index (χ3n) is 3.47. The van der Waals surface area contributed by atoms with Gasteiger partial charge in [-0.25, -0.2) is 0 Å². The molecule has 0 aromatic heterocycles. The van der Waals surface area contributed by atoms with E-state index in [4.69, 9.17) is 16.7 Å². The topological polar surface area (TPSA) is 40.5 Å². The van der Waals surface area contributed by atoms with Crippen LogP contribution in [0.3, 0.4) is 0 Å². The minimum absolute atomic E-state index is 0. The van der Waals surface area contributed by atoms with Gasteiger partial charge >= 0.3 is 5.97 Å². The van der Waals surface area contributed by atoms with E-state index >= 15 is 0 Å². The summed E-state index contributed by atoms with van der Waals surface area (Å²) in [5, 5.41) is 9.83. The smallest absolute Gasteiger partial charge is 0.320 e. The summed E-state index contributed by atoms with van der Waals surface area (Å²) in [5.41, 5.74) is 1.26. The van der Waals surface area contributed by atoms with Crippen molar-refractivity contribution in [2.75, 3.05) is 13.1 Å². The lowest BCUT2D eigenvalue weighted by Gasteiger charge is -2.20. The van der Waals surface area contributed by atoms with Gasteiger partial charge in [0.2, 0.25) is 0 Å². The van der Waals surface area contributed by atoms with Crippen LogP contribution < -0.4 is 0 Å². The van der Waals surface area contributed by atoms with E-state index in [-0.39, 0.29) is 18.4 Å². The van der Waals surface area contributed by atoms with Crippen LogP contribution in [0.5, 0.6) is 0 Å². The molecule has 5 heteroatoms. The monoisotopic (exact) mass is 303 g/mol. The summed E-state index contributed by atoms with van der Waals surface area (Å²) in [6.07, 6.45) is 3.75. The molecule has 1 aliphatic rings. The van der Waals surface area contributed by atoms with Gasteiger partial charge in [-0.15, -0.1) is 12.4 Å². The molecule has 0 amide bonds. The molecule has 106 valence electrons. The van der Waals surface area contributed by atoms with Gasteiger partial charge in [-0.1, -0.05) is 23.7 Å². The van der Waals surface area contributed by atoms with E-state index in [9.17, 15) is 4.79 Å². The minimum atomic E-state index is -0.681. The average Bonchev–Trinajstić information content (AvgIpc) is 2.80. The molecule has 0 aliphatic carbocycles. The summed E-state index contributed by atoms with van der Waals surface area (Å²) in [6, 6.07) is 7.58. The van der Waals surface area contributed by atoms with Crippen molar-refractivity contribution in [1.29, 1.82) is 0 Å². The van der Waals surface area contributed by atoms with Crippen LogP contribution in [-0.4, -0.2) is 35.1 Å². The van der Waals surface area contributed by atoms with Crippen molar-refractivity contribution in [2.45, 2.75) is 31.7 Å². The Bertz CT molecular complexity index is 408. The standard InChI is InChI=1S/C14H18ClNO2.ClH/c15-12-7-5-11(6-8-12)3-1-9-16-10-2-4-13(16)14(17)18;/h5-8,13H,1-4,9-10H2,(H,17,18);1H/t13-;/m1./s1. The molecule has 3 nitrogen and oxygen atoms in total. The van der Waals surface area contributed by atoms with Crippen LogP contribution in [-0.2, 0) is 11.2 Å². The maximum Gasteiger partial charge on any atom is 0.320 e. The number of aliphatic carboxylic acids is 1. The highest BCUT2D eigenvalue weighted by Crippen LogP contribution is 2.18. The SMILES string of the molecule is Cl.O=C(O)[C@H]1CCCN1CCCc1ccc(Cl)cc1. The van der Waals surface area contributed by atoms with Gasteiger partial charge in [0, 0.05) is 5.02 Å². The van der Waals surface area contributed by atoms with Crippen molar-refractivity contribution in [1.82, 2.24) is 4.90 Å². The highest BCUT2D eigenvalue weighted by atomic mass is 35.5. The van der Waals surface area contributed by atoms with Crippen LogP contribution in [0.1, 0.15) is 24.8 Å². The van der Waals surface area contributed by atoms with E-state index in [0.29, 0.717) is 0 Å². The second-order valence-electron chi connectivity index (χ2n) is 4.76. The Morgan fingerprint density at radius 2 is 2.05 bits per heavy atom. The molecule has 1 aromatic carbocycles. The molecule has 0 radical (unpaired) electrons. The summed E-state index contributed by atoms with van der Waals surface area (Å²) < 4.78 is 0. The Morgan fingerprint density at radius 1 is 1.37 bits per heavy atom. The van der Waals surface area contributed by atoms with Crippen LogP contribution >= 0.6 is 24.0 Å². The molecule has 1 saturated heterocycles. The number of rotatable bonds is 5. The summed E-state index contributed by atoms with van der Waals surface area (Å²) in [6.45, 7) is 1.77. The zero-order chi connectivity index (χ0) is 13.0. The molecule has 1 aromatic rings. The molecule has 0 unspecified atom stereocenters. The first-order chi connectivity index (χ1) is 8.66. The van der Waals surface area contributed by atoms with E-state index in [2.05, 4.69) is 4.90 Å². The van der Waals surface area contributed by atoms with E-state index in [0.717, 1.165) is 43.8 Å². The lowest BCUT2D eigenvalue weighted by Crippen LogP contribution is -2.36. The predicted molar refractivity (Wildman–Crippen MR) is 79.3 cm³/mol. The number of carboxylic acid groups (broad SMARTS) is 1. The summed E-state index contributed by atoms with van der Waals surface area (Å²) in [5.74, 6) is -0.681. The molecule has 0 spiro atoms. The zero-order valence-corrected chi connectivity index (χ0v) is 12.3. The number of benzene rings is 1. The highest BCUT2D eigenvalue weighted by molar-refractivity contribution is 6.30. The Kier molecular flexibility index (Phi) is 6.63. The predicted octanol–water partition coefficient (Wildman–Crippen LogP) is 3.24. The maximum absolute atomic E-state index is 11.0.